The first-order valence-electron chi connectivity index (χ1n) is 6.41. The van der Waals surface area contributed by atoms with Crippen LogP contribution in [0.5, 0.6) is 0 Å². The third-order valence-corrected chi connectivity index (χ3v) is 3.59. The predicted molar refractivity (Wildman–Crippen MR) is 71.4 cm³/mol. The molecule has 0 amide bonds. The minimum absolute atomic E-state index is 0.623. The lowest BCUT2D eigenvalue weighted by atomic mass is 10.1. The molecule has 0 bridgehead atoms. The molecule has 2 rings (SSSR count). The average Bonchev–Trinajstić information content (AvgIpc) is 2.84. The van der Waals surface area contributed by atoms with Gasteiger partial charge in [0.25, 0.3) is 0 Å². The van der Waals surface area contributed by atoms with Crippen LogP contribution in [0.3, 0.4) is 0 Å². The zero-order valence-electron chi connectivity index (χ0n) is 10.1. The van der Waals surface area contributed by atoms with Crippen LogP contribution in [-0.2, 0) is 11.3 Å². The standard InChI is InChI=1S/C14H20ClNO/c15-14-8-2-1-5-12(14)11-17-10-4-7-13-6-3-9-16-13/h1-2,5,8,13,16H,3-4,6-7,9-11H2. The molecule has 0 aliphatic carbocycles. The Kier molecular flexibility index (Phi) is 5.30. The van der Waals surface area contributed by atoms with Crippen molar-refractivity contribution in [1.82, 2.24) is 5.32 Å². The Morgan fingerprint density at radius 1 is 1.35 bits per heavy atom. The summed E-state index contributed by atoms with van der Waals surface area (Å²) in [7, 11) is 0. The Morgan fingerprint density at radius 2 is 2.24 bits per heavy atom. The molecule has 94 valence electrons. The van der Waals surface area contributed by atoms with Crippen molar-refractivity contribution in [3.05, 3.63) is 34.9 Å². The number of benzene rings is 1. The minimum Gasteiger partial charge on any atom is -0.377 e. The highest BCUT2D eigenvalue weighted by Gasteiger charge is 2.12. The van der Waals surface area contributed by atoms with Crippen molar-refractivity contribution in [2.75, 3.05) is 13.2 Å². The molecule has 0 saturated carbocycles. The van der Waals surface area contributed by atoms with Crippen LogP contribution < -0.4 is 5.32 Å². The molecule has 0 spiro atoms. The fourth-order valence-corrected chi connectivity index (χ4v) is 2.42. The molecule has 1 aromatic carbocycles. The highest BCUT2D eigenvalue weighted by Crippen LogP contribution is 2.16. The molecule has 3 heteroatoms. The van der Waals surface area contributed by atoms with Crippen LogP contribution in [0.15, 0.2) is 24.3 Å². The van der Waals surface area contributed by atoms with Gasteiger partial charge >= 0.3 is 0 Å². The van der Waals surface area contributed by atoms with Gasteiger partial charge in [0.15, 0.2) is 0 Å². The molecule has 17 heavy (non-hydrogen) atoms. The van der Waals surface area contributed by atoms with Gasteiger partial charge in [-0.05, 0) is 43.9 Å². The van der Waals surface area contributed by atoms with Crippen molar-refractivity contribution in [2.24, 2.45) is 0 Å². The first-order valence-corrected chi connectivity index (χ1v) is 6.78. The van der Waals surface area contributed by atoms with Gasteiger partial charge in [-0.15, -0.1) is 0 Å². The summed E-state index contributed by atoms with van der Waals surface area (Å²) < 4.78 is 5.65. The van der Waals surface area contributed by atoms with E-state index in [9.17, 15) is 0 Å². The van der Waals surface area contributed by atoms with Crippen molar-refractivity contribution in [3.8, 4) is 0 Å². The van der Waals surface area contributed by atoms with Crippen LogP contribution in [-0.4, -0.2) is 19.2 Å². The summed E-state index contributed by atoms with van der Waals surface area (Å²) in [5, 5.41) is 4.29. The summed E-state index contributed by atoms with van der Waals surface area (Å²) in [6.45, 7) is 2.63. The van der Waals surface area contributed by atoms with Crippen LogP contribution in [0, 0.1) is 0 Å². The van der Waals surface area contributed by atoms with Crippen LogP contribution in [0.1, 0.15) is 31.2 Å². The van der Waals surface area contributed by atoms with E-state index in [2.05, 4.69) is 5.32 Å². The van der Waals surface area contributed by atoms with E-state index in [1.165, 1.54) is 25.8 Å². The molecule has 2 nitrogen and oxygen atoms in total. The Hall–Kier alpha value is -0.570. The summed E-state index contributed by atoms with van der Waals surface area (Å²) in [5.41, 5.74) is 1.08. The lowest BCUT2D eigenvalue weighted by Crippen LogP contribution is -2.21. The monoisotopic (exact) mass is 253 g/mol. The number of hydrogen-bond donors (Lipinski definition) is 1. The molecule has 1 fully saturated rings. The van der Waals surface area contributed by atoms with Crippen molar-refractivity contribution in [3.63, 3.8) is 0 Å². The van der Waals surface area contributed by atoms with E-state index in [4.69, 9.17) is 16.3 Å². The Bertz CT molecular complexity index is 337. The largest absolute Gasteiger partial charge is 0.377 e. The Labute approximate surface area is 108 Å². The maximum Gasteiger partial charge on any atom is 0.0731 e. The molecule has 0 aromatic heterocycles. The van der Waals surface area contributed by atoms with E-state index < -0.39 is 0 Å². The summed E-state index contributed by atoms with van der Waals surface area (Å²) in [6, 6.07) is 8.58. The number of nitrogens with one attached hydrogen (secondary N) is 1. The van der Waals surface area contributed by atoms with E-state index in [-0.39, 0.29) is 0 Å². The van der Waals surface area contributed by atoms with Gasteiger partial charge in [0.05, 0.1) is 6.61 Å². The van der Waals surface area contributed by atoms with E-state index in [0.29, 0.717) is 6.61 Å². The third-order valence-electron chi connectivity index (χ3n) is 3.22. The summed E-state index contributed by atoms with van der Waals surface area (Å²) in [6.07, 6.45) is 5.00. The molecule has 1 aliphatic rings. The van der Waals surface area contributed by atoms with E-state index in [1.807, 2.05) is 24.3 Å². The molecule has 1 saturated heterocycles. The van der Waals surface area contributed by atoms with E-state index in [0.717, 1.165) is 29.7 Å². The number of hydrogen-bond acceptors (Lipinski definition) is 2. The Morgan fingerprint density at radius 3 is 3.00 bits per heavy atom. The lowest BCUT2D eigenvalue weighted by molar-refractivity contribution is 0.115. The SMILES string of the molecule is Clc1ccccc1COCCCC1CCCN1. The first kappa shape index (κ1) is 12.9. The first-order chi connectivity index (χ1) is 8.36. The molecule has 1 aromatic rings. The fraction of sp³-hybridized carbons (Fsp3) is 0.571. The zero-order valence-corrected chi connectivity index (χ0v) is 10.9. The van der Waals surface area contributed by atoms with Crippen molar-refractivity contribution in [2.45, 2.75) is 38.3 Å². The van der Waals surface area contributed by atoms with Crippen molar-refractivity contribution in [1.29, 1.82) is 0 Å². The average molecular weight is 254 g/mol. The predicted octanol–water partition coefficient (Wildman–Crippen LogP) is 3.39. The third kappa shape index (κ3) is 4.30. The number of halogens is 1. The summed E-state index contributed by atoms with van der Waals surface area (Å²) in [4.78, 5) is 0. The summed E-state index contributed by atoms with van der Waals surface area (Å²) in [5.74, 6) is 0. The second-order valence-electron chi connectivity index (χ2n) is 4.58. The van der Waals surface area contributed by atoms with E-state index in [1.54, 1.807) is 0 Å². The molecular formula is C14H20ClNO. The molecule has 1 aliphatic heterocycles. The molecule has 1 N–H and O–H groups in total. The van der Waals surface area contributed by atoms with Gasteiger partial charge in [0.2, 0.25) is 0 Å². The van der Waals surface area contributed by atoms with Crippen molar-refractivity contribution < 1.29 is 4.74 Å². The van der Waals surface area contributed by atoms with Crippen LogP contribution in [0.2, 0.25) is 5.02 Å². The summed E-state index contributed by atoms with van der Waals surface area (Å²) >= 11 is 6.05. The quantitative estimate of drug-likeness (QED) is 0.785. The maximum atomic E-state index is 6.05. The van der Waals surface area contributed by atoms with Crippen LogP contribution >= 0.6 is 11.6 Å². The highest BCUT2D eigenvalue weighted by molar-refractivity contribution is 6.31. The van der Waals surface area contributed by atoms with Gasteiger partial charge in [0, 0.05) is 17.7 Å². The highest BCUT2D eigenvalue weighted by atomic mass is 35.5. The Balaban J connectivity index is 1.58. The van der Waals surface area contributed by atoms with Gasteiger partial charge in [-0.25, -0.2) is 0 Å². The van der Waals surface area contributed by atoms with Crippen molar-refractivity contribution >= 4 is 11.6 Å². The van der Waals surface area contributed by atoms with Gasteiger partial charge in [-0.3, -0.25) is 0 Å². The van der Waals surface area contributed by atoms with Gasteiger partial charge in [-0.1, -0.05) is 29.8 Å². The smallest absolute Gasteiger partial charge is 0.0731 e. The lowest BCUT2D eigenvalue weighted by Gasteiger charge is -2.10. The molecule has 1 heterocycles. The van der Waals surface area contributed by atoms with Crippen LogP contribution in [0.25, 0.3) is 0 Å². The van der Waals surface area contributed by atoms with Gasteiger partial charge in [0.1, 0.15) is 0 Å². The molecule has 1 atom stereocenters. The van der Waals surface area contributed by atoms with Gasteiger partial charge < -0.3 is 10.1 Å². The van der Waals surface area contributed by atoms with Crippen LogP contribution in [0.4, 0.5) is 0 Å². The number of rotatable bonds is 6. The minimum atomic E-state index is 0.623. The van der Waals surface area contributed by atoms with E-state index >= 15 is 0 Å². The van der Waals surface area contributed by atoms with Gasteiger partial charge in [-0.2, -0.15) is 0 Å². The molecule has 0 radical (unpaired) electrons. The topological polar surface area (TPSA) is 21.3 Å². The second kappa shape index (κ2) is 7.00. The number of ether oxygens (including phenoxy) is 1. The molecule has 1 unspecified atom stereocenters. The zero-order chi connectivity index (χ0) is 11.9. The second-order valence-corrected chi connectivity index (χ2v) is 4.99. The molecular weight excluding hydrogens is 234 g/mol. The fourth-order valence-electron chi connectivity index (χ4n) is 2.23. The normalized spacial score (nSPS) is 19.7. The maximum absolute atomic E-state index is 6.05.